The molecule has 0 amide bonds. The molecule has 0 radical (unpaired) electrons. The van der Waals surface area contributed by atoms with E-state index >= 15 is 0 Å². The van der Waals surface area contributed by atoms with E-state index in [4.69, 9.17) is 4.74 Å². The van der Waals surface area contributed by atoms with Gasteiger partial charge in [-0.05, 0) is 30.0 Å². The second kappa shape index (κ2) is 4.94. The lowest BCUT2D eigenvalue weighted by Gasteiger charge is -2.14. The maximum absolute atomic E-state index is 12.2. The Kier molecular flexibility index (Phi) is 3.64. The van der Waals surface area contributed by atoms with Gasteiger partial charge in [0.05, 0.1) is 17.9 Å². The summed E-state index contributed by atoms with van der Waals surface area (Å²) in [4.78, 5) is 11.9. The molecule has 1 atom stereocenters. The van der Waals surface area contributed by atoms with Crippen LogP contribution in [0.3, 0.4) is 0 Å². The fourth-order valence-corrected chi connectivity index (χ4v) is 3.56. The predicted molar refractivity (Wildman–Crippen MR) is 70.2 cm³/mol. The van der Waals surface area contributed by atoms with Gasteiger partial charge in [0.2, 0.25) is 10.0 Å². The normalized spacial score (nSPS) is 18.4. The first-order valence-electron chi connectivity index (χ1n) is 5.99. The van der Waals surface area contributed by atoms with Crippen molar-refractivity contribution < 1.29 is 17.9 Å². The molecule has 0 spiro atoms. The first-order valence-corrected chi connectivity index (χ1v) is 7.43. The van der Waals surface area contributed by atoms with E-state index in [1.807, 2.05) is 6.07 Å². The summed E-state index contributed by atoms with van der Waals surface area (Å²) in [5.41, 5.74) is 1.66. The molecule has 0 aliphatic heterocycles. The third kappa shape index (κ3) is 2.37. The molecule has 0 heterocycles. The van der Waals surface area contributed by atoms with Gasteiger partial charge in [0, 0.05) is 14.1 Å². The number of sulfonamides is 1. The molecule has 6 heteroatoms. The molecule has 1 aromatic rings. The zero-order valence-corrected chi connectivity index (χ0v) is 12.0. The summed E-state index contributed by atoms with van der Waals surface area (Å²) < 4.78 is 30.4. The lowest BCUT2D eigenvalue weighted by atomic mass is 10.1. The summed E-state index contributed by atoms with van der Waals surface area (Å²) in [6.45, 7) is 0. The van der Waals surface area contributed by atoms with Crippen molar-refractivity contribution in [3.63, 3.8) is 0 Å². The van der Waals surface area contributed by atoms with Crippen LogP contribution in [0.25, 0.3) is 0 Å². The molecule has 1 aliphatic carbocycles. The van der Waals surface area contributed by atoms with Gasteiger partial charge in [-0.2, -0.15) is 0 Å². The number of fused-ring (bicyclic) bond motifs is 1. The number of nitrogens with zero attached hydrogens (tertiary/aromatic N) is 1. The molecule has 1 unspecified atom stereocenters. The van der Waals surface area contributed by atoms with E-state index < -0.39 is 10.0 Å². The van der Waals surface area contributed by atoms with Crippen molar-refractivity contribution in [2.75, 3.05) is 21.2 Å². The average molecular weight is 283 g/mol. The lowest BCUT2D eigenvalue weighted by molar-refractivity contribution is -0.145. The maximum Gasteiger partial charge on any atom is 0.309 e. The number of methoxy groups -OCH3 is 1. The fourth-order valence-electron chi connectivity index (χ4n) is 2.39. The molecule has 19 heavy (non-hydrogen) atoms. The van der Waals surface area contributed by atoms with E-state index in [0.29, 0.717) is 17.7 Å². The van der Waals surface area contributed by atoms with Crippen LogP contribution in [0.2, 0.25) is 0 Å². The van der Waals surface area contributed by atoms with Gasteiger partial charge < -0.3 is 4.74 Å². The zero-order valence-electron chi connectivity index (χ0n) is 11.2. The Morgan fingerprint density at radius 2 is 2.00 bits per heavy atom. The van der Waals surface area contributed by atoms with Crippen molar-refractivity contribution in [3.8, 4) is 0 Å². The van der Waals surface area contributed by atoms with E-state index in [2.05, 4.69) is 0 Å². The molecule has 1 aromatic carbocycles. The molecular weight excluding hydrogens is 266 g/mol. The Balaban J connectivity index is 2.45. The summed E-state index contributed by atoms with van der Waals surface area (Å²) in [6, 6.07) is 5.18. The summed E-state index contributed by atoms with van der Waals surface area (Å²) in [7, 11) is 0.876. The second-order valence-electron chi connectivity index (χ2n) is 4.81. The number of benzene rings is 1. The standard InChI is InChI=1S/C13H17NO4S/c1-14(2)19(16,17)12-6-4-5-9-7-10(8-11(9)12)13(15)18-3/h4-6,10H,7-8H2,1-3H3. The summed E-state index contributed by atoms with van der Waals surface area (Å²) in [5.74, 6) is -0.567. The molecule has 0 aromatic heterocycles. The van der Waals surface area contributed by atoms with Crippen LogP contribution in [0.15, 0.2) is 23.1 Å². The minimum Gasteiger partial charge on any atom is -0.469 e. The molecule has 0 saturated heterocycles. The van der Waals surface area contributed by atoms with Crippen LogP contribution < -0.4 is 0 Å². The fraction of sp³-hybridized carbons (Fsp3) is 0.462. The molecule has 104 valence electrons. The largest absolute Gasteiger partial charge is 0.469 e. The van der Waals surface area contributed by atoms with Crippen molar-refractivity contribution in [3.05, 3.63) is 29.3 Å². The van der Waals surface area contributed by atoms with Crippen LogP contribution in [0.5, 0.6) is 0 Å². The van der Waals surface area contributed by atoms with Crippen LogP contribution in [-0.2, 0) is 32.4 Å². The van der Waals surface area contributed by atoms with Crippen molar-refractivity contribution in [2.24, 2.45) is 5.92 Å². The van der Waals surface area contributed by atoms with E-state index in [1.54, 1.807) is 12.1 Å². The first-order chi connectivity index (χ1) is 8.87. The highest BCUT2D eigenvalue weighted by atomic mass is 32.2. The average Bonchev–Trinajstić information content (AvgIpc) is 2.80. The van der Waals surface area contributed by atoms with Gasteiger partial charge in [-0.1, -0.05) is 12.1 Å². The number of ether oxygens (including phenoxy) is 1. The highest BCUT2D eigenvalue weighted by Gasteiger charge is 2.33. The quantitative estimate of drug-likeness (QED) is 0.771. The minimum atomic E-state index is -3.48. The van der Waals surface area contributed by atoms with E-state index in [9.17, 15) is 13.2 Å². The molecular formula is C13H17NO4S. The van der Waals surface area contributed by atoms with Gasteiger partial charge in [-0.3, -0.25) is 4.79 Å². The van der Waals surface area contributed by atoms with Crippen LogP contribution in [0, 0.1) is 5.92 Å². The van der Waals surface area contributed by atoms with Gasteiger partial charge >= 0.3 is 5.97 Å². The summed E-state index contributed by atoms with van der Waals surface area (Å²) >= 11 is 0. The second-order valence-corrected chi connectivity index (χ2v) is 6.93. The van der Waals surface area contributed by atoms with E-state index in [1.165, 1.54) is 25.5 Å². The van der Waals surface area contributed by atoms with Gasteiger partial charge in [-0.25, -0.2) is 12.7 Å². The van der Waals surface area contributed by atoms with Crippen molar-refractivity contribution in [2.45, 2.75) is 17.7 Å². The molecule has 1 aliphatic rings. The molecule has 0 fully saturated rings. The summed E-state index contributed by atoms with van der Waals surface area (Å²) in [6.07, 6.45) is 0.962. The first kappa shape index (κ1) is 14.0. The third-order valence-electron chi connectivity index (χ3n) is 3.44. The number of esters is 1. The highest BCUT2D eigenvalue weighted by Crippen LogP contribution is 2.33. The predicted octanol–water partition coefficient (Wildman–Crippen LogP) is 0.825. The Labute approximate surface area is 113 Å². The molecule has 0 bridgehead atoms. The van der Waals surface area contributed by atoms with Crippen LogP contribution in [0.1, 0.15) is 11.1 Å². The van der Waals surface area contributed by atoms with Crippen molar-refractivity contribution >= 4 is 16.0 Å². The van der Waals surface area contributed by atoms with E-state index in [-0.39, 0.29) is 11.9 Å². The Morgan fingerprint density at radius 1 is 1.32 bits per heavy atom. The maximum atomic E-state index is 12.2. The van der Waals surface area contributed by atoms with Crippen molar-refractivity contribution in [1.29, 1.82) is 0 Å². The molecule has 5 nitrogen and oxygen atoms in total. The smallest absolute Gasteiger partial charge is 0.309 e. The molecule has 2 rings (SSSR count). The Morgan fingerprint density at radius 3 is 2.58 bits per heavy atom. The topological polar surface area (TPSA) is 63.7 Å². The van der Waals surface area contributed by atoms with Gasteiger partial charge in [0.25, 0.3) is 0 Å². The van der Waals surface area contributed by atoms with E-state index in [0.717, 1.165) is 11.1 Å². The zero-order chi connectivity index (χ0) is 14.2. The number of carbonyl (C=O) groups excluding carboxylic acids is 1. The molecule has 0 N–H and O–H groups in total. The van der Waals surface area contributed by atoms with Crippen molar-refractivity contribution in [1.82, 2.24) is 4.31 Å². The third-order valence-corrected chi connectivity index (χ3v) is 5.34. The van der Waals surface area contributed by atoms with Crippen LogP contribution in [-0.4, -0.2) is 39.9 Å². The number of hydrogen-bond acceptors (Lipinski definition) is 4. The lowest BCUT2D eigenvalue weighted by Crippen LogP contribution is -2.23. The number of carbonyl (C=O) groups is 1. The SMILES string of the molecule is COC(=O)C1Cc2cccc(S(=O)(=O)N(C)C)c2C1. The minimum absolute atomic E-state index is 0.279. The summed E-state index contributed by atoms with van der Waals surface area (Å²) in [5, 5.41) is 0. The number of rotatable bonds is 3. The molecule has 0 saturated carbocycles. The Hall–Kier alpha value is -1.40. The number of hydrogen-bond donors (Lipinski definition) is 0. The Bertz CT molecular complexity index is 607. The van der Waals surface area contributed by atoms with Gasteiger partial charge in [0.15, 0.2) is 0 Å². The van der Waals surface area contributed by atoms with Gasteiger partial charge in [0.1, 0.15) is 0 Å². The monoisotopic (exact) mass is 283 g/mol. The highest BCUT2D eigenvalue weighted by molar-refractivity contribution is 7.89. The van der Waals surface area contributed by atoms with Crippen LogP contribution in [0.4, 0.5) is 0 Å². The van der Waals surface area contributed by atoms with Gasteiger partial charge in [-0.15, -0.1) is 0 Å². The van der Waals surface area contributed by atoms with Crippen LogP contribution >= 0.6 is 0 Å².